The van der Waals surface area contributed by atoms with E-state index in [1.54, 1.807) is 19.1 Å². The van der Waals surface area contributed by atoms with Gasteiger partial charge < -0.3 is 5.32 Å². The maximum Gasteiger partial charge on any atom is 0.251 e. The molecule has 0 spiro atoms. The quantitative estimate of drug-likeness (QED) is 0.797. The standard InChI is InChI=1S/C23H30N2O3S/c1-7-29(27,28)25-17(5)12-20-13-19(8-9-22(20)25)23(26)24-18(6)21-11-15(3)14(2)10-16(21)4/h8-11,13,17-18H,7,12H2,1-6H3,(H,24,26)/t17-,18+/m0/s1. The van der Waals surface area contributed by atoms with E-state index >= 15 is 0 Å². The Kier molecular flexibility index (Phi) is 5.77. The highest BCUT2D eigenvalue weighted by atomic mass is 32.2. The van der Waals surface area contributed by atoms with Crippen molar-refractivity contribution >= 4 is 21.6 Å². The van der Waals surface area contributed by atoms with Gasteiger partial charge in [-0.05, 0) is 94.0 Å². The highest BCUT2D eigenvalue weighted by molar-refractivity contribution is 7.92. The maximum absolute atomic E-state index is 12.9. The van der Waals surface area contributed by atoms with Crippen LogP contribution in [0.15, 0.2) is 30.3 Å². The first-order valence-corrected chi connectivity index (χ1v) is 11.7. The lowest BCUT2D eigenvalue weighted by Crippen LogP contribution is -2.36. The van der Waals surface area contributed by atoms with Crippen molar-refractivity contribution in [2.24, 2.45) is 0 Å². The van der Waals surface area contributed by atoms with E-state index in [2.05, 4.69) is 38.2 Å². The van der Waals surface area contributed by atoms with Gasteiger partial charge in [0.2, 0.25) is 10.0 Å². The lowest BCUT2D eigenvalue weighted by Gasteiger charge is -2.23. The van der Waals surface area contributed by atoms with Gasteiger partial charge in [0.05, 0.1) is 17.5 Å². The number of anilines is 1. The fourth-order valence-electron chi connectivity index (χ4n) is 4.11. The minimum Gasteiger partial charge on any atom is -0.346 e. The molecule has 0 unspecified atom stereocenters. The molecule has 2 atom stereocenters. The summed E-state index contributed by atoms with van der Waals surface area (Å²) in [4.78, 5) is 12.9. The number of aryl methyl sites for hydroxylation is 3. The molecule has 2 aromatic rings. The Bertz CT molecular complexity index is 1060. The fourth-order valence-corrected chi connectivity index (χ4v) is 5.49. The van der Waals surface area contributed by atoms with Crippen molar-refractivity contribution in [2.45, 2.75) is 60.0 Å². The molecule has 2 aromatic carbocycles. The summed E-state index contributed by atoms with van der Waals surface area (Å²) >= 11 is 0. The Morgan fingerprint density at radius 1 is 1.14 bits per heavy atom. The van der Waals surface area contributed by atoms with Crippen molar-refractivity contribution in [1.29, 1.82) is 0 Å². The van der Waals surface area contributed by atoms with Gasteiger partial charge in [0.1, 0.15) is 0 Å². The van der Waals surface area contributed by atoms with E-state index in [0.29, 0.717) is 17.7 Å². The van der Waals surface area contributed by atoms with Crippen molar-refractivity contribution in [1.82, 2.24) is 5.32 Å². The van der Waals surface area contributed by atoms with Crippen LogP contribution in [0.4, 0.5) is 5.69 Å². The fraction of sp³-hybridized carbons (Fsp3) is 0.435. The SMILES string of the molecule is CCS(=O)(=O)N1c2ccc(C(=O)N[C@H](C)c3cc(C)c(C)cc3C)cc2C[C@@H]1C. The molecule has 0 bridgehead atoms. The molecular weight excluding hydrogens is 384 g/mol. The molecule has 3 rings (SSSR count). The van der Waals surface area contributed by atoms with Gasteiger partial charge in [-0.3, -0.25) is 9.10 Å². The molecule has 0 aliphatic carbocycles. The lowest BCUT2D eigenvalue weighted by atomic mass is 9.96. The number of sulfonamides is 1. The number of hydrogen-bond donors (Lipinski definition) is 1. The normalized spacial score (nSPS) is 17.2. The van der Waals surface area contributed by atoms with Gasteiger partial charge in [0.25, 0.3) is 5.91 Å². The van der Waals surface area contributed by atoms with Crippen molar-refractivity contribution in [3.05, 3.63) is 63.7 Å². The number of carbonyl (C=O) groups excluding carboxylic acids is 1. The maximum atomic E-state index is 12.9. The van der Waals surface area contributed by atoms with E-state index in [4.69, 9.17) is 0 Å². The molecule has 0 saturated heterocycles. The van der Waals surface area contributed by atoms with Gasteiger partial charge in [0.15, 0.2) is 0 Å². The largest absolute Gasteiger partial charge is 0.346 e. The van der Waals surface area contributed by atoms with Crippen LogP contribution in [0.5, 0.6) is 0 Å². The molecule has 0 fully saturated rings. The minimum absolute atomic E-state index is 0.0614. The molecule has 1 aliphatic heterocycles. The van der Waals surface area contributed by atoms with E-state index in [1.165, 1.54) is 15.4 Å². The van der Waals surface area contributed by atoms with Crippen molar-refractivity contribution < 1.29 is 13.2 Å². The van der Waals surface area contributed by atoms with Gasteiger partial charge in [-0.2, -0.15) is 0 Å². The predicted molar refractivity (Wildman–Crippen MR) is 118 cm³/mol. The zero-order valence-electron chi connectivity index (χ0n) is 18.0. The highest BCUT2D eigenvalue weighted by Gasteiger charge is 2.34. The Hall–Kier alpha value is -2.34. The third kappa shape index (κ3) is 4.04. The zero-order valence-corrected chi connectivity index (χ0v) is 18.9. The van der Waals surface area contributed by atoms with Crippen LogP contribution < -0.4 is 9.62 Å². The molecule has 0 aromatic heterocycles. The van der Waals surface area contributed by atoms with Crippen molar-refractivity contribution in [3.8, 4) is 0 Å². The van der Waals surface area contributed by atoms with Crippen LogP contribution in [0.2, 0.25) is 0 Å². The minimum atomic E-state index is -3.33. The average molecular weight is 415 g/mol. The Balaban J connectivity index is 1.83. The summed E-state index contributed by atoms with van der Waals surface area (Å²) in [5, 5.41) is 3.08. The summed E-state index contributed by atoms with van der Waals surface area (Å²) in [5.74, 6) is -0.0892. The van der Waals surface area contributed by atoms with Crippen LogP contribution in [0.3, 0.4) is 0 Å². The first-order valence-electron chi connectivity index (χ1n) is 10.1. The van der Waals surface area contributed by atoms with Crippen molar-refractivity contribution in [2.75, 3.05) is 10.1 Å². The van der Waals surface area contributed by atoms with Crippen LogP contribution in [-0.4, -0.2) is 26.1 Å². The topological polar surface area (TPSA) is 66.5 Å². The summed E-state index contributed by atoms with van der Waals surface area (Å²) in [6, 6.07) is 9.32. The summed E-state index contributed by atoms with van der Waals surface area (Å²) in [6.07, 6.45) is 0.613. The summed E-state index contributed by atoms with van der Waals surface area (Å²) in [6.45, 7) is 11.8. The number of nitrogens with zero attached hydrogens (tertiary/aromatic N) is 1. The Morgan fingerprint density at radius 3 is 2.45 bits per heavy atom. The van der Waals surface area contributed by atoms with E-state index in [-0.39, 0.29) is 23.7 Å². The van der Waals surface area contributed by atoms with Crippen LogP contribution in [0.25, 0.3) is 0 Å². The number of rotatable bonds is 5. The Labute approximate surface area is 174 Å². The number of fused-ring (bicyclic) bond motifs is 1. The third-order valence-corrected chi connectivity index (χ3v) is 7.74. The second kappa shape index (κ2) is 7.82. The molecule has 29 heavy (non-hydrogen) atoms. The van der Waals surface area contributed by atoms with E-state index in [1.807, 2.05) is 19.9 Å². The molecule has 156 valence electrons. The van der Waals surface area contributed by atoms with Gasteiger partial charge in [-0.25, -0.2) is 8.42 Å². The molecule has 5 nitrogen and oxygen atoms in total. The van der Waals surface area contributed by atoms with Gasteiger partial charge >= 0.3 is 0 Å². The monoisotopic (exact) mass is 414 g/mol. The lowest BCUT2D eigenvalue weighted by molar-refractivity contribution is 0.0939. The molecule has 1 aliphatic rings. The highest BCUT2D eigenvalue weighted by Crippen LogP contribution is 2.35. The number of nitrogens with one attached hydrogen (secondary N) is 1. The second-order valence-corrected chi connectivity index (χ2v) is 10.2. The first kappa shape index (κ1) is 21.4. The van der Waals surface area contributed by atoms with Gasteiger partial charge in [-0.15, -0.1) is 0 Å². The van der Waals surface area contributed by atoms with Crippen LogP contribution >= 0.6 is 0 Å². The van der Waals surface area contributed by atoms with E-state index < -0.39 is 10.0 Å². The average Bonchev–Trinajstić information content (AvgIpc) is 3.00. The van der Waals surface area contributed by atoms with Gasteiger partial charge in [0, 0.05) is 11.6 Å². The van der Waals surface area contributed by atoms with Crippen LogP contribution in [0.1, 0.15) is 65.0 Å². The number of hydrogen-bond acceptors (Lipinski definition) is 3. The Morgan fingerprint density at radius 2 is 1.79 bits per heavy atom. The molecule has 1 amide bonds. The van der Waals surface area contributed by atoms with Gasteiger partial charge in [-0.1, -0.05) is 12.1 Å². The first-order chi connectivity index (χ1) is 13.5. The molecule has 1 N–H and O–H groups in total. The third-order valence-electron chi connectivity index (χ3n) is 5.86. The number of amides is 1. The number of benzene rings is 2. The molecule has 0 radical (unpaired) electrons. The predicted octanol–water partition coefficient (Wildman–Crippen LogP) is 4.20. The molecule has 6 heteroatoms. The number of carbonyl (C=O) groups is 1. The van der Waals surface area contributed by atoms with E-state index in [0.717, 1.165) is 16.7 Å². The van der Waals surface area contributed by atoms with E-state index in [9.17, 15) is 13.2 Å². The van der Waals surface area contributed by atoms with Crippen LogP contribution in [-0.2, 0) is 16.4 Å². The smallest absolute Gasteiger partial charge is 0.251 e. The summed E-state index contributed by atoms with van der Waals surface area (Å²) in [5.41, 5.74) is 6.85. The molecule has 0 saturated carbocycles. The van der Waals surface area contributed by atoms with Crippen molar-refractivity contribution in [3.63, 3.8) is 0 Å². The zero-order chi connectivity index (χ0) is 21.5. The molecule has 1 heterocycles. The molecular formula is C23H30N2O3S. The summed E-state index contributed by atoms with van der Waals surface area (Å²) < 4.78 is 26.3. The second-order valence-electron chi connectivity index (χ2n) is 8.08. The summed E-state index contributed by atoms with van der Waals surface area (Å²) in [7, 11) is -3.33. The van der Waals surface area contributed by atoms with Crippen LogP contribution in [0, 0.1) is 20.8 Å².